The summed E-state index contributed by atoms with van der Waals surface area (Å²) in [6.45, 7) is 4.69. The first-order valence-corrected chi connectivity index (χ1v) is 21.2. The minimum Gasteiger partial charge on any atom is -0.334 e. The zero-order valence-corrected chi connectivity index (χ0v) is 33.6. The Morgan fingerprint density at radius 3 is 1.81 bits per heavy atom. The van der Waals surface area contributed by atoms with Crippen LogP contribution in [0.3, 0.4) is 0 Å². The van der Waals surface area contributed by atoms with Crippen LogP contribution in [-0.4, -0.2) is 11.0 Å². The predicted molar refractivity (Wildman–Crippen MR) is 246 cm³/mol. The number of hydrogen-bond donors (Lipinski definition) is 0. The third-order valence-electron chi connectivity index (χ3n) is 13.6. The van der Waals surface area contributed by atoms with Gasteiger partial charge in [0.05, 0.1) is 11.5 Å². The van der Waals surface area contributed by atoms with Crippen molar-refractivity contribution in [2.75, 3.05) is 4.90 Å². The first-order chi connectivity index (χ1) is 29.1. The topological polar surface area (TPSA) is 16.1 Å². The van der Waals surface area contributed by atoms with Crippen molar-refractivity contribution >= 4 is 16.9 Å². The van der Waals surface area contributed by atoms with Gasteiger partial charge >= 0.3 is 0 Å². The minimum absolute atomic E-state index is 0.0904. The van der Waals surface area contributed by atoms with E-state index in [0.29, 0.717) is 5.92 Å². The lowest BCUT2D eigenvalue weighted by Gasteiger charge is -2.38. The number of benzene rings is 6. The van der Waals surface area contributed by atoms with Gasteiger partial charge in [-0.3, -0.25) is 4.98 Å². The van der Waals surface area contributed by atoms with E-state index in [1.165, 1.54) is 94.9 Å². The molecule has 1 aromatic heterocycles. The van der Waals surface area contributed by atoms with E-state index in [0.717, 1.165) is 19.3 Å². The molecular formula is C57H46N2. The molecule has 0 saturated heterocycles. The van der Waals surface area contributed by atoms with E-state index < -0.39 is 5.41 Å². The Morgan fingerprint density at radius 2 is 1.19 bits per heavy atom. The van der Waals surface area contributed by atoms with Crippen LogP contribution in [0.4, 0.5) is 11.4 Å². The van der Waals surface area contributed by atoms with Crippen LogP contribution in [0.1, 0.15) is 59.6 Å². The number of nitrogens with zero attached hydrogens (tertiary/aromatic N) is 2. The van der Waals surface area contributed by atoms with Crippen molar-refractivity contribution in [3.05, 3.63) is 239 Å². The fourth-order valence-electron chi connectivity index (χ4n) is 10.8. The summed E-state index contributed by atoms with van der Waals surface area (Å²) in [4.78, 5) is 6.90. The van der Waals surface area contributed by atoms with Gasteiger partial charge in [-0.25, -0.2) is 0 Å². The molecule has 0 N–H and O–H groups in total. The molecule has 1 spiro atoms. The first-order valence-electron chi connectivity index (χ1n) is 21.2. The molecule has 59 heavy (non-hydrogen) atoms. The highest BCUT2D eigenvalue weighted by Gasteiger charge is 2.51. The second-order valence-electron chi connectivity index (χ2n) is 16.6. The van der Waals surface area contributed by atoms with Crippen LogP contribution >= 0.6 is 0 Å². The summed E-state index contributed by atoms with van der Waals surface area (Å²) in [5.41, 5.74) is 22.1. The summed E-state index contributed by atoms with van der Waals surface area (Å²) in [5, 5.41) is 0. The summed E-state index contributed by atoms with van der Waals surface area (Å²) >= 11 is 0. The van der Waals surface area contributed by atoms with Crippen molar-refractivity contribution in [1.82, 2.24) is 4.98 Å². The summed E-state index contributed by atoms with van der Waals surface area (Å²) in [7, 11) is 0. The number of aryl methyl sites for hydroxylation is 1. The summed E-state index contributed by atoms with van der Waals surface area (Å²) in [6.07, 6.45) is 18.7. The van der Waals surface area contributed by atoms with Gasteiger partial charge in [-0.05, 0) is 141 Å². The zero-order chi connectivity index (χ0) is 39.5. The molecule has 1 heterocycles. The maximum Gasteiger partial charge on any atom is 0.0726 e. The van der Waals surface area contributed by atoms with Gasteiger partial charge < -0.3 is 4.90 Å². The summed E-state index contributed by atoms with van der Waals surface area (Å²) < 4.78 is 0. The van der Waals surface area contributed by atoms with Crippen LogP contribution in [0.2, 0.25) is 0 Å². The van der Waals surface area contributed by atoms with Gasteiger partial charge in [0.2, 0.25) is 0 Å². The Morgan fingerprint density at radius 1 is 0.610 bits per heavy atom. The molecule has 7 aromatic rings. The summed E-state index contributed by atoms with van der Waals surface area (Å²) in [6, 6.07) is 57.0. The number of pyridine rings is 1. The van der Waals surface area contributed by atoms with E-state index in [1.807, 2.05) is 12.4 Å². The number of allylic oxidation sites excluding steroid dienone is 6. The molecule has 0 amide bonds. The highest BCUT2D eigenvalue weighted by Crippen LogP contribution is 2.63. The van der Waals surface area contributed by atoms with E-state index in [9.17, 15) is 0 Å². The van der Waals surface area contributed by atoms with Gasteiger partial charge in [-0.15, -0.1) is 0 Å². The van der Waals surface area contributed by atoms with Crippen molar-refractivity contribution in [3.8, 4) is 33.4 Å². The van der Waals surface area contributed by atoms with Crippen molar-refractivity contribution < 1.29 is 0 Å². The molecule has 2 heteroatoms. The zero-order valence-electron chi connectivity index (χ0n) is 33.6. The number of aromatic nitrogens is 1. The molecule has 0 aliphatic heterocycles. The standard InChI is InChI=1S/C57H46N2/c1-38-14-6-7-17-46(38)47-30-28-44(36-52(47)39(2)40-15-4-3-5-16-40)59(43-26-24-41(25-27-43)42-32-34-58-35-33-42)45-29-31-51-50-20-10-13-23-55(50)57(56(51)37-45)53-21-11-8-18-48(53)49-19-9-12-22-54(49)57/h3-4,6-15,17-35,37,39,44H,5,16,36H2,1-2H3/t39-,44?/m0/s1. The molecule has 2 atom stereocenters. The van der Waals surface area contributed by atoms with Crippen LogP contribution in [0.25, 0.3) is 39.0 Å². The quantitative estimate of drug-likeness (QED) is 0.161. The van der Waals surface area contributed by atoms with E-state index in [4.69, 9.17) is 0 Å². The molecular weight excluding hydrogens is 713 g/mol. The molecule has 0 fully saturated rings. The van der Waals surface area contributed by atoms with Gasteiger partial charge in [-0.2, -0.15) is 0 Å². The second kappa shape index (κ2) is 14.3. The van der Waals surface area contributed by atoms with Gasteiger partial charge in [0, 0.05) is 23.8 Å². The largest absolute Gasteiger partial charge is 0.334 e. The molecule has 11 rings (SSSR count). The van der Waals surface area contributed by atoms with Crippen LogP contribution in [0.5, 0.6) is 0 Å². The van der Waals surface area contributed by atoms with Crippen molar-refractivity contribution in [3.63, 3.8) is 0 Å². The third kappa shape index (κ3) is 5.58. The highest BCUT2D eigenvalue weighted by molar-refractivity contribution is 5.96. The van der Waals surface area contributed by atoms with Crippen molar-refractivity contribution in [2.45, 2.75) is 44.6 Å². The third-order valence-corrected chi connectivity index (χ3v) is 13.6. The van der Waals surface area contributed by atoms with Crippen LogP contribution in [-0.2, 0) is 5.41 Å². The van der Waals surface area contributed by atoms with Gasteiger partial charge in [0.25, 0.3) is 0 Å². The van der Waals surface area contributed by atoms with Crippen LogP contribution in [0, 0.1) is 12.8 Å². The molecule has 4 aliphatic rings. The normalized spacial score (nSPS) is 17.3. The van der Waals surface area contributed by atoms with E-state index in [2.05, 4.69) is 206 Å². The smallest absolute Gasteiger partial charge is 0.0726 e. The lowest BCUT2D eigenvalue weighted by Crippen LogP contribution is -2.33. The van der Waals surface area contributed by atoms with E-state index in [1.54, 1.807) is 0 Å². The van der Waals surface area contributed by atoms with Crippen LogP contribution in [0.15, 0.2) is 206 Å². The number of fused-ring (bicyclic) bond motifs is 10. The molecule has 0 bridgehead atoms. The molecule has 4 aliphatic carbocycles. The maximum atomic E-state index is 4.28. The number of rotatable bonds is 7. The van der Waals surface area contributed by atoms with Gasteiger partial charge in [0.1, 0.15) is 0 Å². The SMILES string of the molecule is Cc1ccccc1C1=C([C@@H](C)C2=CC=CCC2)CC(N(c2ccc(-c3ccncc3)cc2)c2ccc3c(c2)C2(c4ccccc4-c4ccccc42)c2ccccc2-3)C=C1. The van der Waals surface area contributed by atoms with Crippen molar-refractivity contribution in [1.29, 1.82) is 0 Å². The molecule has 1 unspecified atom stereocenters. The second-order valence-corrected chi connectivity index (χ2v) is 16.6. The molecule has 6 aromatic carbocycles. The Bertz CT molecular complexity index is 2820. The fourth-order valence-corrected chi connectivity index (χ4v) is 10.8. The Kier molecular flexibility index (Phi) is 8.55. The molecule has 2 nitrogen and oxygen atoms in total. The first kappa shape index (κ1) is 35.4. The van der Waals surface area contributed by atoms with E-state index >= 15 is 0 Å². The van der Waals surface area contributed by atoms with Crippen LogP contribution < -0.4 is 4.90 Å². The minimum atomic E-state index is -0.410. The van der Waals surface area contributed by atoms with Crippen molar-refractivity contribution in [2.24, 2.45) is 5.92 Å². The van der Waals surface area contributed by atoms with Gasteiger partial charge in [0.15, 0.2) is 0 Å². The Labute approximate surface area is 348 Å². The summed E-state index contributed by atoms with van der Waals surface area (Å²) in [5.74, 6) is 0.321. The molecule has 284 valence electrons. The molecule has 0 radical (unpaired) electrons. The average Bonchev–Trinajstić information content (AvgIpc) is 3.77. The molecule has 0 saturated carbocycles. The monoisotopic (exact) mass is 758 g/mol. The number of hydrogen-bond acceptors (Lipinski definition) is 2. The number of anilines is 2. The lowest BCUT2D eigenvalue weighted by atomic mass is 9.70. The fraction of sp³-hybridized carbons (Fsp3) is 0.140. The Hall–Kier alpha value is -6.77. The van der Waals surface area contributed by atoms with E-state index in [-0.39, 0.29) is 6.04 Å². The Balaban J connectivity index is 1.11. The highest BCUT2D eigenvalue weighted by atomic mass is 15.2. The predicted octanol–water partition coefficient (Wildman–Crippen LogP) is 14.2. The maximum absolute atomic E-state index is 4.28. The van der Waals surface area contributed by atoms with Gasteiger partial charge in [-0.1, -0.05) is 164 Å². The lowest BCUT2D eigenvalue weighted by molar-refractivity contribution is 0.654. The average molecular weight is 759 g/mol.